The van der Waals surface area contributed by atoms with E-state index in [1.165, 1.54) is 0 Å². The molecule has 3 atom stereocenters. The number of carbonyl (C=O) groups excluding carboxylic acids is 1. The molecule has 0 aliphatic heterocycles. The number of rotatable bonds is 44. The monoisotopic (exact) mass is 840 g/mol. The van der Waals surface area contributed by atoms with Crippen molar-refractivity contribution in [1.29, 1.82) is 0 Å². The minimum absolute atomic E-state index is 0.410. The van der Waals surface area contributed by atoms with Gasteiger partial charge < -0.3 is 83.1 Å². The summed E-state index contributed by atoms with van der Waals surface area (Å²) < 4.78 is 76.5. The number of fused-ring (bicyclic) bond motifs is 1. The van der Waals surface area contributed by atoms with Gasteiger partial charge in [-0.05, 0) is 49.9 Å². The number of primary amides is 1. The van der Waals surface area contributed by atoms with E-state index in [-0.39, 0.29) is 0 Å². The fraction of sp³-hybridized carbons (Fsp3) is 0.925. The van der Waals surface area contributed by atoms with Gasteiger partial charge in [0.1, 0.15) is 0 Å². The number of hydrogen-bond donors (Lipinski definition) is 3. The van der Waals surface area contributed by atoms with Gasteiger partial charge in [0.05, 0.1) is 172 Å². The van der Waals surface area contributed by atoms with Crippen LogP contribution in [0.2, 0.25) is 0 Å². The molecule has 0 saturated heterocycles. The molecule has 1 amide bonds. The number of allylic oxidation sites excluding steroid dienone is 2. The Morgan fingerprint density at radius 1 is 0.483 bits per heavy atom. The number of nitrogens with two attached hydrogens (primary N) is 2. The van der Waals surface area contributed by atoms with Gasteiger partial charge >= 0.3 is 6.09 Å². The van der Waals surface area contributed by atoms with Crippen LogP contribution < -0.4 is 16.8 Å². The van der Waals surface area contributed by atoms with Gasteiger partial charge in [-0.3, -0.25) is 0 Å². The van der Waals surface area contributed by atoms with E-state index in [0.29, 0.717) is 196 Å². The molecule has 0 radical (unpaired) electrons. The molecule has 0 spiro atoms. The van der Waals surface area contributed by atoms with Gasteiger partial charge in [-0.15, -0.1) is 0 Å². The van der Waals surface area contributed by atoms with Gasteiger partial charge in [0.15, 0.2) is 0 Å². The molecule has 0 heterocycles. The molecule has 2 aliphatic carbocycles. The SMILES string of the molecule is CCCOCCOCCOCCOCCOCCOCCOCCOCCOCCOCCOCCOCCOCCN/C1=C(\N)CCC2C(CC1)[C@@H]2COC(N)=O. The maximum absolute atomic E-state index is 10.9. The van der Waals surface area contributed by atoms with Gasteiger partial charge in [0.25, 0.3) is 0 Å². The number of amides is 1. The smallest absolute Gasteiger partial charge is 0.404 e. The number of carbonyl (C=O) groups is 1. The van der Waals surface area contributed by atoms with Crippen LogP contribution in [0.5, 0.6) is 0 Å². The summed E-state index contributed by atoms with van der Waals surface area (Å²) in [6.07, 6.45) is 4.12. The summed E-state index contributed by atoms with van der Waals surface area (Å²) in [5, 5.41) is 3.44. The summed E-state index contributed by atoms with van der Waals surface area (Å²) in [7, 11) is 0. The van der Waals surface area contributed by atoms with E-state index in [1.54, 1.807) is 0 Å². The number of ether oxygens (including phenoxy) is 14. The Kier molecular flexibility index (Phi) is 35.3. The zero-order valence-corrected chi connectivity index (χ0v) is 35.3. The van der Waals surface area contributed by atoms with Gasteiger partial charge in [-0.1, -0.05) is 6.92 Å². The van der Waals surface area contributed by atoms with Crippen molar-refractivity contribution in [2.24, 2.45) is 29.2 Å². The zero-order chi connectivity index (χ0) is 41.4. The van der Waals surface area contributed by atoms with Gasteiger partial charge in [0, 0.05) is 24.5 Å². The Hall–Kier alpha value is -1.91. The number of hydrogen-bond acceptors (Lipinski definition) is 17. The van der Waals surface area contributed by atoms with E-state index in [2.05, 4.69) is 12.2 Å². The largest absolute Gasteiger partial charge is 0.449 e. The standard InChI is InChI=1S/C40H77N3O15/c1-2-8-45-10-12-47-14-16-49-18-20-51-22-24-53-26-28-55-30-32-57-33-31-56-29-27-54-25-23-52-21-19-50-17-15-48-13-11-46-9-7-43-39-6-4-36-35(3-5-38(39)41)37(36)34-58-40(42)44/h35-37,43H,2-34,41H2,1H3,(H2,42,44)/b39-38-/t35?,36?,37-/m1/s1. The molecule has 2 rings (SSSR count). The third kappa shape index (κ3) is 31.0. The predicted molar refractivity (Wildman–Crippen MR) is 215 cm³/mol. The lowest BCUT2D eigenvalue weighted by Gasteiger charge is -2.17. The first-order valence-electron chi connectivity index (χ1n) is 21.3. The van der Waals surface area contributed by atoms with Crippen molar-refractivity contribution in [3.63, 3.8) is 0 Å². The second-order valence-corrected chi connectivity index (χ2v) is 13.6. The molecule has 18 heteroatoms. The molecule has 2 unspecified atom stereocenters. The molecule has 0 aromatic rings. The summed E-state index contributed by atoms with van der Waals surface area (Å²) in [4.78, 5) is 10.9. The molecule has 5 N–H and O–H groups in total. The summed E-state index contributed by atoms with van der Waals surface area (Å²) in [6.45, 7) is 17.0. The summed E-state index contributed by atoms with van der Waals surface area (Å²) in [5.74, 6) is 1.56. The highest BCUT2D eigenvalue weighted by molar-refractivity contribution is 5.64. The molecule has 1 fully saturated rings. The van der Waals surface area contributed by atoms with Gasteiger partial charge in [-0.2, -0.15) is 0 Å². The minimum Gasteiger partial charge on any atom is -0.449 e. The van der Waals surface area contributed by atoms with E-state index in [0.717, 1.165) is 50.1 Å². The first-order valence-corrected chi connectivity index (χ1v) is 21.3. The van der Waals surface area contributed by atoms with Crippen LogP contribution in [0.3, 0.4) is 0 Å². The highest BCUT2D eigenvalue weighted by Crippen LogP contribution is 2.53. The molecule has 0 aromatic heterocycles. The number of nitrogens with one attached hydrogen (secondary N) is 1. The van der Waals surface area contributed by atoms with Crippen LogP contribution in [0, 0.1) is 17.8 Å². The van der Waals surface area contributed by atoms with Crippen molar-refractivity contribution in [3.8, 4) is 0 Å². The van der Waals surface area contributed by atoms with Crippen LogP contribution in [-0.4, -0.2) is 191 Å². The van der Waals surface area contributed by atoms with Crippen LogP contribution >= 0.6 is 0 Å². The Morgan fingerprint density at radius 2 is 0.776 bits per heavy atom. The highest BCUT2D eigenvalue weighted by atomic mass is 16.6. The van der Waals surface area contributed by atoms with E-state index in [4.69, 9.17) is 77.8 Å². The van der Waals surface area contributed by atoms with Crippen LogP contribution in [0.4, 0.5) is 4.79 Å². The van der Waals surface area contributed by atoms with Crippen LogP contribution in [0.25, 0.3) is 0 Å². The molecule has 0 aromatic carbocycles. The Balaban J connectivity index is 1.17. The molecule has 58 heavy (non-hydrogen) atoms. The molecular formula is C40H77N3O15. The summed E-state index contributed by atoms with van der Waals surface area (Å²) >= 11 is 0. The summed E-state index contributed by atoms with van der Waals surface area (Å²) in [5.41, 5.74) is 13.5. The predicted octanol–water partition coefficient (Wildman–Crippen LogP) is 1.90. The first-order chi connectivity index (χ1) is 28.6. The van der Waals surface area contributed by atoms with Crippen LogP contribution in [0.15, 0.2) is 11.4 Å². The Bertz CT molecular complexity index is 971. The second-order valence-electron chi connectivity index (χ2n) is 13.6. The first kappa shape index (κ1) is 52.2. The van der Waals surface area contributed by atoms with Crippen LogP contribution in [-0.2, 0) is 66.3 Å². The third-order valence-corrected chi connectivity index (χ3v) is 9.19. The minimum atomic E-state index is -0.701. The van der Waals surface area contributed by atoms with E-state index >= 15 is 0 Å². The molecule has 18 nitrogen and oxygen atoms in total. The van der Waals surface area contributed by atoms with Gasteiger partial charge in [-0.25, -0.2) is 4.79 Å². The maximum atomic E-state index is 10.9. The highest BCUT2D eigenvalue weighted by Gasteiger charge is 2.50. The van der Waals surface area contributed by atoms with E-state index in [1.807, 2.05) is 0 Å². The average Bonchev–Trinajstić information content (AvgIpc) is 3.89. The van der Waals surface area contributed by atoms with Gasteiger partial charge in [0.2, 0.25) is 0 Å². The second kappa shape index (κ2) is 39.2. The topological polar surface area (TPSA) is 210 Å². The molecule has 342 valence electrons. The third-order valence-electron chi connectivity index (χ3n) is 9.19. The van der Waals surface area contributed by atoms with E-state index < -0.39 is 6.09 Å². The lowest BCUT2D eigenvalue weighted by atomic mass is 10.0. The van der Waals surface area contributed by atoms with Crippen molar-refractivity contribution < 1.29 is 71.1 Å². The normalized spacial score (nSPS) is 19.2. The summed E-state index contributed by atoms with van der Waals surface area (Å²) in [6, 6.07) is 0. The zero-order valence-electron chi connectivity index (χ0n) is 35.3. The average molecular weight is 840 g/mol. The molecule has 2 aliphatic rings. The van der Waals surface area contributed by atoms with Crippen LogP contribution in [0.1, 0.15) is 39.0 Å². The molecule has 0 bridgehead atoms. The fourth-order valence-electron chi connectivity index (χ4n) is 6.11. The van der Waals surface area contributed by atoms with Crippen molar-refractivity contribution in [3.05, 3.63) is 11.4 Å². The van der Waals surface area contributed by atoms with Crippen molar-refractivity contribution >= 4 is 6.09 Å². The quantitative estimate of drug-likeness (QED) is 0.0749. The van der Waals surface area contributed by atoms with Crippen molar-refractivity contribution in [2.45, 2.75) is 39.0 Å². The maximum Gasteiger partial charge on any atom is 0.404 e. The molecule has 1 saturated carbocycles. The van der Waals surface area contributed by atoms with Crippen molar-refractivity contribution in [1.82, 2.24) is 5.32 Å². The van der Waals surface area contributed by atoms with E-state index in [9.17, 15) is 4.79 Å². The Morgan fingerprint density at radius 3 is 1.09 bits per heavy atom. The Labute approximate surface area is 346 Å². The lowest BCUT2D eigenvalue weighted by Crippen LogP contribution is -2.24. The van der Waals surface area contributed by atoms with Crippen molar-refractivity contribution in [2.75, 3.05) is 185 Å². The molecular weight excluding hydrogens is 762 g/mol. The lowest BCUT2D eigenvalue weighted by molar-refractivity contribution is -0.0290. The fourth-order valence-corrected chi connectivity index (χ4v) is 6.11.